The Bertz CT molecular complexity index is 1500. The van der Waals surface area contributed by atoms with Gasteiger partial charge in [-0.05, 0) is 74.3 Å². The Labute approximate surface area is 218 Å². The third-order valence-electron chi connectivity index (χ3n) is 6.93. The van der Waals surface area contributed by atoms with Crippen molar-refractivity contribution in [1.29, 1.82) is 0 Å². The van der Waals surface area contributed by atoms with Crippen LogP contribution in [0.2, 0.25) is 0 Å². The van der Waals surface area contributed by atoms with Crippen molar-refractivity contribution < 1.29 is 13.2 Å². The SMILES string of the molecule is CCS(=O)(=O)Nc1ccc2c(c1)=C(C(Nc1ccc(CN3CCCCC3)cc1)c1ccccc1)C(=O)N=2. The maximum Gasteiger partial charge on any atom is 0.276 e. The molecule has 2 aliphatic heterocycles. The topological polar surface area (TPSA) is 90.9 Å². The van der Waals surface area contributed by atoms with Crippen LogP contribution in [0.3, 0.4) is 0 Å². The molecule has 2 heterocycles. The van der Waals surface area contributed by atoms with Crippen molar-refractivity contribution in [2.45, 2.75) is 38.8 Å². The minimum Gasteiger partial charge on any atom is -0.374 e. The van der Waals surface area contributed by atoms with E-state index in [1.807, 2.05) is 30.3 Å². The lowest BCUT2D eigenvalue weighted by Crippen LogP contribution is -2.29. The van der Waals surface area contributed by atoms with Gasteiger partial charge in [0.1, 0.15) is 0 Å². The zero-order valence-corrected chi connectivity index (χ0v) is 21.8. The first-order valence-corrected chi connectivity index (χ1v) is 14.5. The van der Waals surface area contributed by atoms with E-state index in [1.165, 1.54) is 24.8 Å². The Hall–Kier alpha value is -3.49. The molecule has 3 aromatic carbocycles. The molecule has 0 spiro atoms. The third-order valence-corrected chi connectivity index (χ3v) is 8.24. The molecule has 2 N–H and O–H groups in total. The molecule has 1 amide bonds. The molecule has 0 saturated carbocycles. The van der Waals surface area contributed by atoms with Crippen LogP contribution in [0.5, 0.6) is 0 Å². The summed E-state index contributed by atoms with van der Waals surface area (Å²) in [6, 6.07) is 22.7. The molecule has 2 aliphatic rings. The van der Waals surface area contributed by atoms with Gasteiger partial charge in [-0.3, -0.25) is 14.4 Å². The first-order chi connectivity index (χ1) is 17.9. The van der Waals surface area contributed by atoms with Gasteiger partial charge >= 0.3 is 0 Å². The molecule has 192 valence electrons. The zero-order valence-electron chi connectivity index (χ0n) is 21.0. The predicted octanol–water partition coefficient (Wildman–Crippen LogP) is 3.60. The van der Waals surface area contributed by atoms with Crippen LogP contribution < -0.4 is 20.6 Å². The number of carbonyl (C=O) groups is 1. The number of piperidine rings is 1. The van der Waals surface area contributed by atoms with Crippen LogP contribution in [0.15, 0.2) is 77.8 Å². The highest BCUT2D eigenvalue weighted by Gasteiger charge is 2.27. The lowest BCUT2D eigenvalue weighted by Gasteiger charge is -2.26. The minimum absolute atomic E-state index is 0.0358. The molecule has 5 rings (SSSR count). The Balaban J connectivity index is 1.49. The molecule has 1 unspecified atom stereocenters. The number of hydrogen-bond acceptors (Lipinski definition) is 5. The smallest absolute Gasteiger partial charge is 0.276 e. The number of nitrogens with one attached hydrogen (secondary N) is 2. The van der Waals surface area contributed by atoms with Gasteiger partial charge < -0.3 is 5.32 Å². The lowest BCUT2D eigenvalue weighted by atomic mass is 9.96. The maximum atomic E-state index is 13.2. The van der Waals surface area contributed by atoms with Crippen molar-refractivity contribution in [1.82, 2.24) is 4.90 Å². The quantitative estimate of drug-likeness (QED) is 0.454. The highest BCUT2D eigenvalue weighted by Crippen LogP contribution is 2.29. The van der Waals surface area contributed by atoms with Gasteiger partial charge in [0.15, 0.2) is 0 Å². The summed E-state index contributed by atoms with van der Waals surface area (Å²) in [6.07, 6.45) is 3.84. The molecule has 0 bridgehead atoms. The largest absolute Gasteiger partial charge is 0.374 e. The number of anilines is 2. The van der Waals surface area contributed by atoms with Gasteiger partial charge in [-0.25, -0.2) is 13.4 Å². The van der Waals surface area contributed by atoms with E-state index in [1.54, 1.807) is 25.1 Å². The summed E-state index contributed by atoms with van der Waals surface area (Å²) in [5, 5.41) is 4.72. The summed E-state index contributed by atoms with van der Waals surface area (Å²) in [5.41, 5.74) is 3.99. The van der Waals surface area contributed by atoms with Gasteiger partial charge in [0.25, 0.3) is 5.91 Å². The third kappa shape index (κ3) is 5.92. The zero-order chi connectivity index (χ0) is 25.8. The highest BCUT2D eigenvalue weighted by molar-refractivity contribution is 7.92. The Morgan fingerprint density at radius 3 is 2.32 bits per heavy atom. The van der Waals surface area contributed by atoms with Crippen molar-refractivity contribution >= 4 is 32.9 Å². The summed E-state index contributed by atoms with van der Waals surface area (Å²) in [6.45, 7) is 4.83. The Morgan fingerprint density at radius 2 is 1.62 bits per heavy atom. The molecule has 8 heteroatoms. The van der Waals surface area contributed by atoms with E-state index < -0.39 is 16.1 Å². The van der Waals surface area contributed by atoms with E-state index in [9.17, 15) is 13.2 Å². The summed E-state index contributed by atoms with van der Waals surface area (Å²) in [5.74, 6) is -0.361. The summed E-state index contributed by atoms with van der Waals surface area (Å²) < 4.78 is 26.9. The monoisotopic (exact) mass is 516 g/mol. The van der Waals surface area contributed by atoms with Crippen LogP contribution in [0, 0.1) is 0 Å². The summed E-state index contributed by atoms with van der Waals surface area (Å²) >= 11 is 0. The maximum absolute atomic E-state index is 13.2. The van der Waals surface area contributed by atoms with Gasteiger partial charge in [-0.15, -0.1) is 0 Å². The number of fused-ring (bicyclic) bond motifs is 1. The van der Waals surface area contributed by atoms with Gasteiger partial charge in [0.2, 0.25) is 10.0 Å². The number of hydrogen-bond donors (Lipinski definition) is 2. The molecule has 1 atom stereocenters. The van der Waals surface area contributed by atoms with E-state index >= 15 is 0 Å². The average molecular weight is 517 g/mol. The van der Waals surface area contributed by atoms with Crippen LogP contribution in [-0.4, -0.2) is 38.1 Å². The van der Waals surface area contributed by atoms with E-state index in [2.05, 4.69) is 44.2 Å². The molecule has 1 fully saturated rings. The van der Waals surface area contributed by atoms with E-state index in [0.717, 1.165) is 30.9 Å². The van der Waals surface area contributed by atoms with Gasteiger partial charge in [0.05, 0.1) is 22.7 Å². The molecule has 37 heavy (non-hydrogen) atoms. The van der Waals surface area contributed by atoms with E-state index in [-0.39, 0.29) is 11.7 Å². The van der Waals surface area contributed by atoms with Crippen molar-refractivity contribution in [3.63, 3.8) is 0 Å². The first kappa shape index (κ1) is 25.2. The average Bonchev–Trinajstić information content (AvgIpc) is 3.24. The molecule has 0 radical (unpaired) electrons. The van der Waals surface area contributed by atoms with E-state index in [0.29, 0.717) is 21.8 Å². The van der Waals surface area contributed by atoms with Crippen LogP contribution in [0.4, 0.5) is 11.4 Å². The second kappa shape index (κ2) is 10.9. The number of amides is 1. The lowest BCUT2D eigenvalue weighted by molar-refractivity contribution is -0.112. The Kier molecular flexibility index (Phi) is 7.39. The molecule has 1 saturated heterocycles. The second-order valence-corrected chi connectivity index (χ2v) is 11.6. The van der Waals surface area contributed by atoms with Gasteiger partial charge in [-0.1, -0.05) is 48.9 Å². The molecular weight excluding hydrogens is 484 g/mol. The van der Waals surface area contributed by atoms with Crippen LogP contribution in [-0.2, 0) is 21.4 Å². The number of benzene rings is 3. The van der Waals surface area contributed by atoms with Gasteiger partial charge in [0, 0.05) is 23.1 Å². The number of likely N-dealkylation sites (tertiary alicyclic amines) is 1. The van der Waals surface area contributed by atoms with Crippen LogP contribution in [0.25, 0.3) is 5.57 Å². The molecule has 0 aromatic heterocycles. The fourth-order valence-electron chi connectivity index (χ4n) is 4.94. The molecule has 3 aromatic rings. The fraction of sp³-hybridized carbons (Fsp3) is 0.310. The fourth-order valence-corrected chi connectivity index (χ4v) is 5.58. The Morgan fingerprint density at radius 1 is 0.919 bits per heavy atom. The van der Waals surface area contributed by atoms with Crippen molar-refractivity contribution in [3.8, 4) is 0 Å². The normalized spacial score (nSPS) is 16.7. The van der Waals surface area contributed by atoms with Crippen molar-refractivity contribution in [2.24, 2.45) is 4.99 Å². The number of carbonyl (C=O) groups excluding carboxylic acids is 1. The minimum atomic E-state index is -3.45. The summed E-state index contributed by atoms with van der Waals surface area (Å²) in [4.78, 5) is 19.9. The van der Waals surface area contributed by atoms with Crippen LogP contribution in [0.1, 0.15) is 43.4 Å². The van der Waals surface area contributed by atoms with Crippen molar-refractivity contribution in [2.75, 3.05) is 28.9 Å². The molecular formula is C29H32N4O3S. The standard InChI is InChI=1S/C29H32N4O3S/c1-2-37(35,36)32-24-15-16-26-25(19-24)27(29(34)31-26)28(22-9-5-3-6-10-22)30-23-13-11-21(12-14-23)20-33-17-7-4-8-18-33/h3,5-6,9-16,19,28,30,32H,2,4,7-8,17-18,20H2,1H3. The number of sulfonamides is 1. The second-order valence-electron chi connectivity index (χ2n) is 9.59. The highest BCUT2D eigenvalue weighted by atomic mass is 32.2. The number of rotatable bonds is 9. The van der Waals surface area contributed by atoms with Gasteiger partial charge in [-0.2, -0.15) is 0 Å². The molecule has 0 aliphatic carbocycles. The number of nitrogens with zero attached hydrogens (tertiary/aromatic N) is 2. The van der Waals surface area contributed by atoms with Crippen LogP contribution >= 0.6 is 0 Å². The molecule has 7 nitrogen and oxygen atoms in total. The van der Waals surface area contributed by atoms with E-state index in [4.69, 9.17) is 0 Å². The first-order valence-electron chi connectivity index (χ1n) is 12.8. The summed E-state index contributed by atoms with van der Waals surface area (Å²) in [7, 11) is -3.45. The van der Waals surface area contributed by atoms with Crippen molar-refractivity contribution in [3.05, 3.63) is 94.5 Å². The predicted molar refractivity (Wildman–Crippen MR) is 147 cm³/mol.